The molecule has 0 bridgehead atoms. The van der Waals surface area contributed by atoms with Crippen LogP contribution in [0.5, 0.6) is 0 Å². The van der Waals surface area contributed by atoms with E-state index in [0.717, 1.165) is 0 Å². The van der Waals surface area contributed by atoms with Gasteiger partial charge >= 0.3 is 0 Å². The molecule has 6 N–H and O–H groups in total. The van der Waals surface area contributed by atoms with Gasteiger partial charge in [0.1, 0.15) is 35.9 Å². The van der Waals surface area contributed by atoms with Crippen molar-refractivity contribution in [1.82, 2.24) is 0 Å². The van der Waals surface area contributed by atoms with Crippen molar-refractivity contribution >= 4 is 10.9 Å². The molecule has 0 aliphatic carbocycles. The molecule has 1 aliphatic rings. The lowest BCUT2D eigenvalue weighted by Crippen LogP contribution is -2.40. The summed E-state index contributed by atoms with van der Waals surface area (Å²) in [6, 6.07) is 0. The molecule has 1 aliphatic heterocycles. The quantitative estimate of drug-likeness (QED) is 0.282. The van der Waals surface area contributed by atoms with Gasteiger partial charge in [-0.15, -0.1) is 0 Å². The Balaban J connectivity index is 2.53. The van der Waals surface area contributed by atoms with Crippen LogP contribution in [0.15, 0.2) is 0 Å². The first-order chi connectivity index (χ1) is 7.51. The van der Waals surface area contributed by atoms with E-state index in [2.05, 4.69) is 0 Å². The van der Waals surface area contributed by atoms with Crippen molar-refractivity contribution < 1.29 is 30.6 Å². The second-order valence-corrected chi connectivity index (χ2v) is 6.31. The predicted molar refractivity (Wildman–Crippen MR) is 59.1 cm³/mol. The Bertz CT molecular complexity index is 216. The number of hydrogen-bond acceptors (Lipinski definition) is 6. The Labute approximate surface area is 96.5 Å². The SMILES string of the molecule is OCC(O)C(O)C[S+]1CC(O)C(O)C1CO. The fourth-order valence-electron chi connectivity index (χ4n) is 1.74. The molecule has 0 amide bonds. The molecule has 0 saturated carbocycles. The van der Waals surface area contributed by atoms with E-state index in [1.165, 1.54) is 0 Å². The summed E-state index contributed by atoms with van der Waals surface area (Å²) in [5, 5.41) is 54.9. The van der Waals surface area contributed by atoms with Crippen LogP contribution in [0, 0.1) is 0 Å². The lowest BCUT2D eigenvalue weighted by atomic mass is 10.2. The zero-order chi connectivity index (χ0) is 12.3. The van der Waals surface area contributed by atoms with Gasteiger partial charge in [-0.25, -0.2) is 0 Å². The van der Waals surface area contributed by atoms with Crippen LogP contribution >= 0.6 is 0 Å². The summed E-state index contributed by atoms with van der Waals surface area (Å²) in [4.78, 5) is 0. The van der Waals surface area contributed by atoms with E-state index in [4.69, 9.17) is 10.2 Å². The van der Waals surface area contributed by atoms with Crippen molar-refractivity contribution in [2.75, 3.05) is 24.7 Å². The predicted octanol–water partition coefficient (Wildman–Crippen LogP) is -3.58. The minimum Gasteiger partial charge on any atom is -0.394 e. The summed E-state index contributed by atoms with van der Waals surface area (Å²) < 4.78 is 0. The van der Waals surface area contributed by atoms with Crippen molar-refractivity contribution in [2.45, 2.75) is 29.7 Å². The minimum absolute atomic E-state index is 0.168. The Morgan fingerprint density at radius 3 is 2.25 bits per heavy atom. The molecule has 6 unspecified atom stereocenters. The van der Waals surface area contributed by atoms with Crippen molar-refractivity contribution in [3.8, 4) is 0 Å². The molecule has 6 atom stereocenters. The molecule has 96 valence electrons. The Morgan fingerprint density at radius 1 is 1.12 bits per heavy atom. The maximum atomic E-state index is 9.54. The third-order valence-corrected chi connectivity index (χ3v) is 5.61. The molecule has 0 aromatic rings. The summed E-state index contributed by atoms with van der Waals surface area (Å²) in [6.07, 6.45) is -4.19. The third-order valence-electron chi connectivity index (χ3n) is 2.78. The van der Waals surface area contributed by atoms with Crippen LogP contribution in [0.3, 0.4) is 0 Å². The summed E-state index contributed by atoms with van der Waals surface area (Å²) in [7, 11) is -0.549. The average Bonchev–Trinajstić information content (AvgIpc) is 2.53. The van der Waals surface area contributed by atoms with Gasteiger partial charge in [0.05, 0.1) is 13.2 Å². The fraction of sp³-hybridized carbons (Fsp3) is 1.00. The molecular weight excluding hydrogens is 236 g/mol. The van der Waals surface area contributed by atoms with Crippen molar-refractivity contribution in [2.24, 2.45) is 0 Å². The fourth-order valence-corrected chi connectivity index (χ4v) is 4.46. The Kier molecular flexibility index (Phi) is 5.45. The van der Waals surface area contributed by atoms with Gasteiger partial charge in [-0.2, -0.15) is 0 Å². The van der Waals surface area contributed by atoms with Gasteiger partial charge in [-0.05, 0) is 0 Å². The van der Waals surface area contributed by atoms with Crippen LogP contribution < -0.4 is 0 Å². The highest BCUT2D eigenvalue weighted by molar-refractivity contribution is 7.97. The van der Waals surface area contributed by atoms with Gasteiger partial charge in [-0.3, -0.25) is 0 Å². The number of aliphatic hydroxyl groups excluding tert-OH is 6. The second kappa shape index (κ2) is 6.15. The van der Waals surface area contributed by atoms with E-state index in [-0.39, 0.29) is 12.4 Å². The highest BCUT2D eigenvalue weighted by atomic mass is 32.2. The monoisotopic (exact) mass is 255 g/mol. The lowest BCUT2D eigenvalue weighted by Gasteiger charge is -2.17. The van der Waals surface area contributed by atoms with E-state index >= 15 is 0 Å². The van der Waals surface area contributed by atoms with E-state index in [1.807, 2.05) is 0 Å². The standard InChI is InChI=1S/C9H19O6S/c10-1-5(12)6(13)3-16-4-7(14)9(15)8(16)2-11/h5-15H,1-4H2/q+1. The van der Waals surface area contributed by atoms with Crippen LogP contribution in [0.4, 0.5) is 0 Å². The van der Waals surface area contributed by atoms with Gasteiger partial charge in [-0.1, -0.05) is 0 Å². The molecule has 6 nitrogen and oxygen atoms in total. The van der Waals surface area contributed by atoms with Gasteiger partial charge in [0, 0.05) is 10.9 Å². The number of hydrogen-bond donors (Lipinski definition) is 6. The first-order valence-electron chi connectivity index (χ1n) is 5.11. The molecule has 1 heterocycles. The molecule has 1 fully saturated rings. The van der Waals surface area contributed by atoms with Crippen LogP contribution in [-0.4, -0.2) is 85.0 Å². The summed E-state index contributed by atoms with van der Waals surface area (Å²) in [6.45, 7) is -0.795. The zero-order valence-corrected chi connectivity index (χ0v) is 9.62. The van der Waals surface area contributed by atoms with E-state index in [1.54, 1.807) is 0 Å². The van der Waals surface area contributed by atoms with Crippen LogP contribution in [0.1, 0.15) is 0 Å². The van der Waals surface area contributed by atoms with Crippen molar-refractivity contribution in [3.63, 3.8) is 0 Å². The molecule has 0 spiro atoms. The van der Waals surface area contributed by atoms with Crippen LogP contribution in [-0.2, 0) is 10.9 Å². The second-order valence-electron chi connectivity index (χ2n) is 3.97. The smallest absolute Gasteiger partial charge is 0.169 e. The highest BCUT2D eigenvalue weighted by Crippen LogP contribution is 2.24. The summed E-state index contributed by atoms with van der Waals surface area (Å²) in [5.41, 5.74) is 0. The maximum absolute atomic E-state index is 9.54. The molecule has 1 rings (SSSR count). The van der Waals surface area contributed by atoms with Gasteiger partial charge in [0.25, 0.3) is 0 Å². The Morgan fingerprint density at radius 2 is 1.75 bits per heavy atom. The normalized spacial score (nSPS) is 38.6. The van der Waals surface area contributed by atoms with Crippen LogP contribution in [0.2, 0.25) is 0 Å². The molecule has 1 saturated heterocycles. The van der Waals surface area contributed by atoms with Gasteiger partial charge < -0.3 is 30.6 Å². The van der Waals surface area contributed by atoms with Crippen molar-refractivity contribution in [3.05, 3.63) is 0 Å². The zero-order valence-electron chi connectivity index (χ0n) is 8.81. The topological polar surface area (TPSA) is 121 Å². The van der Waals surface area contributed by atoms with E-state index < -0.39 is 47.2 Å². The lowest BCUT2D eigenvalue weighted by molar-refractivity contribution is -0.00229. The van der Waals surface area contributed by atoms with Crippen molar-refractivity contribution in [1.29, 1.82) is 0 Å². The summed E-state index contributed by atoms with van der Waals surface area (Å²) in [5.74, 6) is 0.475. The largest absolute Gasteiger partial charge is 0.394 e. The molecule has 16 heavy (non-hydrogen) atoms. The molecule has 0 aromatic carbocycles. The molecule has 0 radical (unpaired) electrons. The van der Waals surface area contributed by atoms with Gasteiger partial charge in [0.15, 0.2) is 5.25 Å². The number of rotatable bonds is 5. The van der Waals surface area contributed by atoms with E-state index in [9.17, 15) is 20.4 Å². The van der Waals surface area contributed by atoms with Gasteiger partial charge in [0.2, 0.25) is 0 Å². The third kappa shape index (κ3) is 3.07. The first kappa shape index (κ1) is 14.2. The molecule has 7 heteroatoms. The maximum Gasteiger partial charge on any atom is 0.169 e. The van der Waals surface area contributed by atoms with Crippen LogP contribution in [0.25, 0.3) is 0 Å². The highest BCUT2D eigenvalue weighted by Gasteiger charge is 2.50. The Hall–Kier alpha value is 0.110. The summed E-state index contributed by atoms with van der Waals surface area (Å²) >= 11 is 0. The minimum atomic E-state index is -1.22. The molecule has 0 aromatic heterocycles. The average molecular weight is 255 g/mol. The first-order valence-corrected chi connectivity index (χ1v) is 6.74. The van der Waals surface area contributed by atoms with E-state index in [0.29, 0.717) is 5.75 Å². The molecular formula is C9H19O6S+. The number of aliphatic hydroxyl groups is 6.